The van der Waals surface area contributed by atoms with E-state index in [-0.39, 0.29) is 40.1 Å². The van der Waals surface area contributed by atoms with E-state index in [1.807, 2.05) is 0 Å². The molecule has 10 N–H and O–H groups in total. The number of carbonyl (C=O) groups is 1. The second kappa shape index (κ2) is 17.2. The van der Waals surface area contributed by atoms with Gasteiger partial charge in [-0.1, -0.05) is 60.1 Å². The Morgan fingerprint density at radius 2 is 1.28 bits per heavy atom. The predicted molar refractivity (Wildman–Crippen MR) is 225 cm³/mol. The highest BCUT2D eigenvalue weighted by atomic mass is 16.8. The number of aliphatic carboxylic acids is 1. The maximum atomic E-state index is 13.1. The van der Waals surface area contributed by atoms with Crippen LogP contribution < -0.4 is 0 Å². The molecule has 0 bridgehead atoms. The highest BCUT2D eigenvalue weighted by Crippen LogP contribution is 2.76. The van der Waals surface area contributed by atoms with Crippen molar-refractivity contribution in [3.8, 4) is 0 Å². The number of hydrogen-bond donors (Lipinski definition) is 10. The largest absolute Gasteiger partial charge is 0.481 e. The van der Waals surface area contributed by atoms with Gasteiger partial charge in [-0.3, -0.25) is 4.79 Å². The van der Waals surface area contributed by atoms with Crippen LogP contribution in [0.25, 0.3) is 0 Å². The lowest BCUT2D eigenvalue weighted by Crippen LogP contribution is -2.67. The lowest BCUT2D eigenvalue weighted by Gasteiger charge is -2.71. The van der Waals surface area contributed by atoms with Crippen LogP contribution in [0, 0.1) is 50.2 Å². The third kappa shape index (κ3) is 7.58. The summed E-state index contributed by atoms with van der Waals surface area (Å²) in [4.78, 5) is 13.1. The van der Waals surface area contributed by atoms with E-state index >= 15 is 0 Å². The summed E-state index contributed by atoms with van der Waals surface area (Å²) in [6, 6.07) is 0. The molecule has 3 heterocycles. The molecule has 8 aliphatic rings. The monoisotopic (exact) mass is 913 g/mol. The van der Waals surface area contributed by atoms with Gasteiger partial charge in [0.1, 0.15) is 67.1 Å². The summed E-state index contributed by atoms with van der Waals surface area (Å²) in [5, 5.41) is 107. The molecule has 0 aromatic carbocycles. The average Bonchev–Trinajstić information content (AvgIpc) is 3.23. The summed E-state index contributed by atoms with van der Waals surface area (Å²) in [5.41, 5.74) is 0.0358. The third-order valence-corrected chi connectivity index (χ3v) is 19.0. The Bertz CT molecular complexity index is 1740. The third-order valence-electron chi connectivity index (χ3n) is 19.0. The van der Waals surface area contributed by atoms with Gasteiger partial charge in [0.15, 0.2) is 18.9 Å². The minimum atomic E-state index is -1.88. The van der Waals surface area contributed by atoms with E-state index in [4.69, 9.17) is 28.4 Å². The molecule has 8 rings (SSSR count). The number of aliphatic hydroxyl groups is 9. The van der Waals surface area contributed by atoms with Gasteiger partial charge in [0.2, 0.25) is 0 Å². The summed E-state index contributed by atoms with van der Waals surface area (Å²) in [6.07, 6.45) is -12.3. The van der Waals surface area contributed by atoms with Gasteiger partial charge < -0.3 is 79.5 Å². The van der Waals surface area contributed by atoms with Crippen molar-refractivity contribution < 1.29 is 84.3 Å². The maximum Gasteiger partial charge on any atom is 0.310 e. The van der Waals surface area contributed by atoms with Crippen LogP contribution in [0.15, 0.2) is 11.6 Å². The SMILES string of the molecule is CC1(C)CC[C@]2(C(=O)O)CC[C@]3(C)C(=CC[C@@H]4[C@@]5(C)CC[C@H](O[C@@H]6OC[C@H](O)[C@H](O)[C@H]6O[C@@H]6O[C@H](CO)[C@@H](O)[C@H](O)[C@H]6O[C@@H]6O[C@@H](CO)[C@H](O)[C@@H](O)[C@H]6O)C(C)(C)[C@@H]5CC[C@]43C)[C@@H]2C1. The number of allylic oxidation sites excluding steroid dienone is 2. The van der Waals surface area contributed by atoms with Crippen molar-refractivity contribution in [2.75, 3.05) is 19.8 Å². The minimum Gasteiger partial charge on any atom is -0.481 e. The van der Waals surface area contributed by atoms with Crippen molar-refractivity contribution in [1.29, 1.82) is 0 Å². The minimum absolute atomic E-state index is 0.0207. The van der Waals surface area contributed by atoms with E-state index in [0.717, 1.165) is 44.9 Å². The van der Waals surface area contributed by atoms with E-state index in [0.29, 0.717) is 25.2 Å². The molecule has 0 aromatic heterocycles. The number of rotatable bonds is 9. The fourth-order valence-corrected chi connectivity index (χ4v) is 14.8. The van der Waals surface area contributed by atoms with Gasteiger partial charge in [-0.25, -0.2) is 0 Å². The smallest absolute Gasteiger partial charge is 0.310 e. The standard InChI is InChI=1S/C47H76O17/c1-42(2)14-16-47(41(57)58)17-15-45(6)22(23(47)18-42)8-9-28-44(5)12-11-29(43(3,4)27(44)10-13-46(28,45)7)62-39-36(30(51)24(50)21-59-39)64-40-37(34(55)32(53)26(20-49)61-40)63-38-35(56)33(54)31(52)25(19-48)60-38/h8,23-40,48-56H,9-21H2,1-7H3,(H,57,58)/t23-,24-,25-,26+,27-,28+,29-,30-,31-,32+,33+,34-,35+,36+,37+,38-,39-,40-,44-,45+,46+,47-/m0/s1. The van der Waals surface area contributed by atoms with E-state index < -0.39 is 122 Å². The van der Waals surface area contributed by atoms with Gasteiger partial charge in [0, 0.05) is 0 Å². The quantitative estimate of drug-likeness (QED) is 0.116. The predicted octanol–water partition coefficient (Wildman–Crippen LogP) is 1.35. The lowest BCUT2D eigenvalue weighted by atomic mass is 9.33. The molecule has 17 heteroatoms. The Balaban J connectivity index is 1.03. The van der Waals surface area contributed by atoms with Crippen LogP contribution in [0.3, 0.4) is 0 Å². The highest BCUT2D eigenvalue weighted by Gasteiger charge is 2.70. The van der Waals surface area contributed by atoms with Crippen molar-refractivity contribution in [2.24, 2.45) is 50.2 Å². The first-order valence-electron chi connectivity index (χ1n) is 23.7. The second-order valence-corrected chi connectivity index (χ2v) is 23.0. The first kappa shape index (κ1) is 49.0. The summed E-state index contributed by atoms with van der Waals surface area (Å²) >= 11 is 0. The molecule has 22 atom stereocenters. The van der Waals surface area contributed by atoms with Gasteiger partial charge in [0.05, 0.1) is 31.3 Å². The Morgan fingerprint density at radius 1 is 0.672 bits per heavy atom. The molecule has 366 valence electrons. The van der Waals surface area contributed by atoms with Crippen LogP contribution in [-0.4, -0.2) is 169 Å². The number of aliphatic hydroxyl groups excluding tert-OH is 9. The van der Waals surface area contributed by atoms with Crippen LogP contribution in [0.2, 0.25) is 0 Å². The fraction of sp³-hybridized carbons (Fsp3) is 0.936. The van der Waals surface area contributed by atoms with Crippen molar-refractivity contribution in [3.63, 3.8) is 0 Å². The number of fused-ring (bicyclic) bond motifs is 7. The van der Waals surface area contributed by atoms with Crippen molar-refractivity contribution in [3.05, 3.63) is 11.6 Å². The first-order valence-corrected chi connectivity index (χ1v) is 23.7. The molecule has 0 amide bonds. The maximum absolute atomic E-state index is 13.1. The van der Waals surface area contributed by atoms with Crippen LogP contribution in [0.5, 0.6) is 0 Å². The van der Waals surface area contributed by atoms with Gasteiger partial charge in [-0.05, 0) is 109 Å². The zero-order valence-electron chi connectivity index (χ0n) is 38.5. The van der Waals surface area contributed by atoms with E-state index in [1.165, 1.54) is 5.57 Å². The normalized spacial score (nSPS) is 53.5. The summed E-state index contributed by atoms with van der Waals surface area (Å²) < 4.78 is 36.5. The molecular formula is C47H76O17. The molecule has 0 aromatic rings. The van der Waals surface area contributed by atoms with Crippen LogP contribution in [-0.2, 0) is 33.2 Å². The molecule has 7 fully saturated rings. The molecule has 3 aliphatic heterocycles. The average molecular weight is 913 g/mol. The molecule has 4 saturated carbocycles. The van der Waals surface area contributed by atoms with Crippen molar-refractivity contribution in [1.82, 2.24) is 0 Å². The topological polar surface area (TPSA) is 275 Å². The molecule has 17 nitrogen and oxygen atoms in total. The van der Waals surface area contributed by atoms with Crippen molar-refractivity contribution >= 4 is 5.97 Å². The highest BCUT2D eigenvalue weighted by molar-refractivity contribution is 5.76. The molecule has 0 unspecified atom stereocenters. The van der Waals surface area contributed by atoms with Crippen LogP contribution in [0.4, 0.5) is 0 Å². The number of carboxylic acid groups (broad SMARTS) is 1. The fourth-order valence-electron chi connectivity index (χ4n) is 14.8. The summed E-state index contributed by atoms with van der Waals surface area (Å²) in [6.45, 7) is 14.5. The van der Waals surface area contributed by atoms with E-state index in [2.05, 4.69) is 54.5 Å². The van der Waals surface area contributed by atoms with E-state index in [9.17, 15) is 55.9 Å². The molecular weight excluding hydrogens is 836 g/mol. The summed E-state index contributed by atoms with van der Waals surface area (Å²) in [5.74, 6) is -0.0729. The van der Waals surface area contributed by atoms with Crippen LogP contribution >= 0.6 is 0 Å². The first-order chi connectivity index (χ1) is 29.9. The number of ether oxygens (including phenoxy) is 6. The molecule has 0 spiro atoms. The zero-order chi connectivity index (χ0) is 46.7. The molecule has 5 aliphatic carbocycles. The molecule has 0 radical (unpaired) electrons. The van der Waals surface area contributed by atoms with Gasteiger partial charge >= 0.3 is 5.97 Å². The van der Waals surface area contributed by atoms with Gasteiger partial charge in [-0.2, -0.15) is 0 Å². The lowest BCUT2D eigenvalue weighted by molar-refractivity contribution is -0.393. The number of carboxylic acids is 1. The zero-order valence-corrected chi connectivity index (χ0v) is 38.5. The Morgan fingerprint density at radius 3 is 1.94 bits per heavy atom. The van der Waals surface area contributed by atoms with Crippen molar-refractivity contribution in [2.45, 2.75) is 205 Å². The summed E-state index contributed by atoms with van der Waals surface area (Å²) in [7, 11) is 0. The van der Waals surface area contributed by atoms with E-state index in [1.54, 1.807) is 0 Å². The second-order valence-electron chi connectivity index (χ2n) is 23.0. The van der Waals surface area contributed by atoms with Crippen LogP contribution in [0.1, 0.15) is 113 Å². The Labute approximate surface area is 376 Å². The van der Waals surface area contributed by atoms with Gasteiger partial charge in [-0.15, -0.1) is 0 Å². The number of hydrogen-bond acceptors (Lipinski definition) is 16. The van der Waals surface area contributed by atoms with Gasteiger partial charge in [0.25, 0.3) is 0 Å². The Hall–Kier alpha value is -1.39. The molecule has 3 saturated heterocycles. The molecule has 64 heavy (non-hydrogen) atoms. The Kier molecular flexibility index (Phi) is 13.2.